The van der Waals surface area contributed by atoms with E-state index in [1.807, 2.05) is 0 Å². The monoisotopic (exact) mass is 233 g/mol. The number of nitrogens with zero attached hydrogens (tertiary/aromatic N) is 1. The SMILES string of the molecule is CCC1/C=C\C2=C(C)C(/C=C\1)OCCN2CC. The van der Waals surface area contributed by atoms with Crippen LogP contribution >= 0.6 is 0 Å². The van der Waals surface area contributed by atoms with E-state index in [-0.39, 0.29) is 6.10 Å². The van der Waals surface area contributed by atoms with E-state index < -0.39 is 0 Å². The van der Waals surface area contributed by atoms with Gasteiger partial charge >= 0.3 is 0 Å². The quantitative estimate of drug-likeness (QED) is 0.679. The Labute approximate surface area is 105 Å². The molecule has 2 unspecified atom stereocenters. The average Bonchev–Trinajstić information content (AvgIpc) is 2.51. The Hall–Kier alpha value is -1.02. The normalized spacial score (nSPS) is 32.8. The third kappa shape index (κ3) is 2.63. The van der Waals surface area contributed by atoms with E-state index in [0.29, 0.717) is 5.92 Å². The molecule has 0 saturated heterocycles. The van der Waals surface area contributed by atoms with E-state index in [4.69, 9.17) is 4.74 Å². The van der Waals surface area contributed by atoms with Crippen molar-refractivity contribution in [3.05, 3.63) is 35.6 Å². The van der Waals surface area contributed by atoms with Crippen LogP contribution in [0.5, 0.6) is 0 Å². The molecular formula is C15H23NO. The number of ether oxygens (including phenoxy) is 1. The molecule has 0 saturated carbocycles. The summed E-state index contributed by atoms with van der Waals surface area (Å²) in [4.78, 5) is 2.41. The summed E-state index contributed by atoms with van der Waals surface area (Å²) in [6, 6.07) is 0. The summed E-state index contributed by atoms with van der Waals surface area (Å²) in [6.45, 7) is 9.48. The molecule has 0 aromatic carbocycles. The first-order chi connectivity index (χ1) is 8.26. The van der Waals surface area contributed by atoms with Gasteiger partial charge in [0.15, 0.2) is 0 Å². The molecule has 0 aromatic rings. The maximum Gasteiger partial charge on any atom is 0.0987 e. The molecule has 0 aromatic heterocycles. The number of likely N-dealkylation sites (N-methyl/N-ethyl adjacent to an activating group) is 1. The highest BCUT2D eigenvalue weighted by Crippen LogP contribution is 2.25. The average molecular weight is 233 g/mol. The van der Waals surface area contributed by atoms with Gasteiger partial charge in [0, 0.05) is 18.8 Å². The van der Waals surface area contributed by atoms with Crippen molar-refractivity contribution in [2.24, 2.45) is 5.92 Å². The first kappa shape index (κ1) is 12.4. The number of fused-ring (bicyclic) bond motifs is 1. The molecule has 94 valence electrons. The zero-order chi connectivity index (χ0) is 12.3. The Kier molecular flexibility index (Phi) is 4.06. The predicted octanol–water partition coefficient (Wildman–Crippen LogP) is 3.13. The smallest absolute Gasteiger partial charge is 0.0987 e. The van der Waals surface area contributed by atoms with Gasteiger partial charge in [0.25, 0.3) is 0 Å². The van der Waals surface area contributed by atoms with Gasteiger partial charge in [0.05, 0.1) is 12.7 Å². The molecule has 2 atom stereocenters. The van der Waals surface area contributed by atoms with Gasteiger partial charge in [-0.05, 0) is 37.8 Å². The maximum atomic E-state index is 5.93. The summed E-state index contributed by atoms with van der Waals surface area (Å²) in [7, 11) is 0. The number of hydrogen-bond acceptors (Lipinski definition) is 2. The molecule has 0 N–H and O–H groups in total. The van der Waals surface area contributed by atoms with Gasteiger partial charge in [-0.15, -0.1) is 0 Å². The van der Waals surface area contributed by atoms with E-state index in [9.17, 15) is 0 Å². The molecule has 0 amide bonds. The lowest BCUT2D eigenvalue weighted by Crippen LogP contribution is -2.24. The summed E-state index contributed by atoms with van der Waals surface area (Å²) in [6.07, 6.45) is 10.4. The summed E-state index contributed by atoms with van der Waals surface area (Å²) < 4.78 is 5.93. The van der Waals surface area contributed by atoms with Crippen molar-refractivity contribution >= 4 is 0 Å². The molecule has 1 aliphatic heterocycles. The van der Waals surface area contributed by atoms with Crippen LogP contribution in [-0.4, -0.2) is 30.7 Å². The predicted molar refractivity (Wildman–Crippen MR) is 71.7 cm³/mol. The number of rotatable bonds is 2. The summed E-state index contributed by atoms with van der Waals surface area (Å²) in [5, 5.41) is 0. The molecule has 2 nitrogen and oxygen atoms in total. The van der Waals surface area contributed by atoms with Crippen LogP contribution in [0, 0.1) is 5.92 Å². The third-order valence-electron chi connectivity index (χ3n) is 3.72. The van der Waals surface area contributed by atoms with Gasteiger partial charge in [-0.3, -0.25) is 0 Å². The first-order valence-corrected chi connectivity index (χ1v) is 6.70. The lowest BCUT2D eigenvalue weighted by Gasteiger charge is -2.24. The summed E-state index contributed by atoms with van der Waals surface area (Å²) in [5.74, 6) is 0.543. The zero-order valence-corrected chi connectivity index (χ0v) is 11.1. The Balaban J connectivity index is 2.37. The van der Waals surface area contributed by atoms with Crippen LogP contribution in [0.15, 0.2) is 35.6 Å². The second-order valence-corrected chi connectivity index (χ2v) is 4.76. The van der Waals surface area contributed by atoms with Crippen LogP contribution in [0.2, 0.25) is 0 Å². The van der Waals surface area contributed by atoms with Gasteiger partial charge in [0.2, 0.25) is 0 Å². The minimum absolute atomic E-state index is 0.167. The van der Waals surface area contributed by atoms with Crippen molar-refractivity contribution in [2.75, 3.05) is 19.7 Å². The Bertz CT molecular complexity index is 354. The van der Waals surface area contributed by atoms with E-state index in [1.165, 1.54) is 11.3 Å². The van der Waals surface area contributed by atoms with Crippen LogP contribution in [0.25, 0.3) is 0 Å². The van der Waals surface area contributed by atoms with E-state index in [2.05, 4.69) is 50.0 Å². The Morgan fingerprint density at radius 2 is 2.12 bits per heavy atom. The third-order valence-corrected chi connectivity index (χ3v) is 3.72. The molecule has 1 aliphatic carbocycles. The van der Waals surface area contributed by atoms with Crippen LogP contribution in [0.1, 0.15) is 27.2 Å². The van der Waals surface area contributed by atoms with Crippen LogP contribution in [0.4, 0.5) is 0 Å². The highest BCUT2D eigenvalue weighted by atomic mass is 16.5. The van der Waals surface area contributed by atoms with Gasteiger partial charge in [-0.2, -0.15) is 0 Å². The Morgan fingerprint density at radius 1 is 1.29 bits per heavy atom. The molecule has 2 rings (SSSR count). The highest BCUT2D eigenvalue weighted by molar-refractivity contribution is 5.32. The molecule has 17 heavy (non-hydrogen) atoms. The molecule has 0 fully saturated rings. The van der Waals surface area contributed by atoms with Gasteiger partial charge < -0.3 is 9.64 Å². The summed E-state index contributed by atoms with van der Waals surface area (Å²) in [5.41, 5.74) is 2.70. The lowest BCUT2D eigenvalue weighted by molar-refractivity contribution is 0.105. The van der Waals surface area contributed by atoms with E-state index in [0.717, 1.165) is 26.1 Å². The zero-order valence-electron chi connectivity index (χ0n) is 11.1. The molecule has 0 spiro atoms. The van der Waals surface area contributed by atoms with Gasteiger partial charge in [0.1, 0.15) is 0 Å². The molecular weight excluding hydrogens is 210 g/mol. The van der Waals surface area contributed by atoms with E-state index >= 15 is 0 Å². The second-order valence-electron chi connectivity index (χ2n) is 4.76. The fraction of sp³-hybridized carbons (Fsp3) is 0.600. The van der Waals surface area contributed by atoms with Crippen molar-refractivity contribution in [3.63, 3.8) is 0 Å². The van der Waals surface area contributed by atoms with Crippen LogP contribution in [-0.2, 0) is 4.74 Å². The molecule has 0 radical (unpaired) electrons. The van der Waals surface area contributed by atoms with Crippen molar-refractivity contribution in [2.45, 2.75) is 33.3 Å². The first-order valence-electron chi connectivity index (χ1n) is 6.70. The second kappa shape index (κ2) is 5.54. The Morgan fingerprint density at radius 3 is 2.82 bits per heavy atom. The van der Waals surface area contributed by atoms with Gasteiger partial charge in [-0.1, -0.05) is 25.2 Å². The largest absolute Gasteiger partial charge is 0.369 e. The van der Waals surface area contributed by atoms with Crippen molar-refractivity contribution < 1.29 is 4.74 Å². The molecule has 2 heteroatoms. The molecule has 2 aliphatic rings. The number of hydrogen-bond donors (Lipinski definition) is 0. The van der Waals surface area contributed by atoms with Crippen LogP contribution < -0.4 is 0 Å². The molecule has 2 bridgehead atoms. The maximum absolute atomic E-state index is 5.93. The highest BCUT2D eigenvalue weighted by Gasteiger charge is 2.21. The lowest BCUT2D eigenvalue weighted by atomic mass is 9.98. The topological polar surface area (TPSA) is 12.5 Å². The van der Waals surface area contributed by atoms with Crippen molar-refractivity contribution in [1.82, 2.24) is 4.90 Å². The minimum Gasteiger partial charge on any atom is -0.369 e. The van der Waals surface area contributed by atoms with Crippen LogP contribution in [0.3, 0.4) is 0 Å². The number of allylic oxidation sites excluding steroid dienone is 3. The molecule has 1 heterocycles. The summed E-state index contributed by atoms with van der Waals surface area (Å²) >= 11 is 0. The van der Waals surface area contributed by atoms with Crippen molar-refractivity contribution in [3.8, 4) is 0 Å². The standard InChI is InChI=1S/C15H23NO/c1-4-13-6-8-14-12(3)15(9-7-13)17-11-10-16(14)5-2/h6-9,13,15H,4-5,10-11H2,1-3H3/b8-6-,9-7-. The minimum atomic E-state index is 0.167. The fourth-order valence-corrected chi connectivity index (χ4v) is 2.49. The van der Waals surface area contributed by atoms with E-state index in [1.54, 1.807) is 0 Å². The fourth-order valence-electron chi connectivity index (χ4n) is 2.49. The van der Waals surface area contributed by atoms with Gasteiger partial charge in [-0.25, -0.2) is 0 Å². The van der Waals surface area contributed by atoms with Crippen molar-refractivity contribution in [1.29, 1.82) is 0 Å².